The van der Waals surface area contributed by atoms with Gasteiger partial charge in [0.05, 0.1) is 7.11 Å². The van der Waals surface area contributed by atoms with Gasteiger partial charge >= 0.3 is 5.97 Å². The Morgan fingerprint density at radius 2 is 2.33 bits per heavy atom. The van der Waals surface area contributed by atoms with Crippen molar-refractivity contribution in [3.63, 3.8) is 0 Å². The summed E-state index contributed by atoms with van der Waals surface area (Å²) in [5.74, 6) is 1.04. The molecule has 0 bridgehead atoms. The molecule has 1 aromatic rings. The van der Waals surface area contributed by atoms with Crippen LogP contribution >= 0.6 is 0 Å². The second-order valence-electron chi connectivity index (χ2n) is 5.00. The first kappa shape index (κ1) is 12.9. The van der Waals surface area contributed by atoms with Crippen molar-refractivity contribution < 1.29 is 9.53 Å². The Labute approximate surface area is 108 Å². The van der Waals surface area contributed by atoms with Crippen LogP contribution in [0.15, 0.2) is 18.3 Å². The highest BCUT2D eigenvalue weighted by atomic mass is 16.5. The van der Waals surface area contributed by atoms with Crippen LogP contribution in [0.3, 0.4) is 0 Å². The van der Waals surface area contributed by atoms with Crippen LogP contribution in [0.4, 0.5) is 5.82 Å². The van der Waals surface area contributed by atoms with Gasteiger partial charge in [0.1, 0.15) is 11.4 Å². The zero-order valence-corrected chi connectivity index (χ0v) is 11.0. The van der Waals surface area contributed by atoms with E-state index >= 15 is 0 Å². The average molecular weight is 248 g/mol. The van der Waals surface area contributed by atoms with Crippen molar-refractivity contribution in [1.29, 1.82) is 0 Å². The molecule has 2 atom stereocenters. The Kier molecular flexibility index (Phi) is 4.18. The van der Waals surface area contributed by atoms with Crippen LogP contribution in [0.1, 0.15) is 43.0 Å². The van der Waals surface area contributed by atoms with Gasteiger partial charge in [-0.05, 0) is 30.9 Å². The second kappa shape index (κ2) is 5.85. The van der Waals surface area contributed by atoms with Crippen LogP contribution in [0.25, 0.3) is 0 Å². The lowest BCUT2D eigenvalue weighted by molar-refractivity contribution is 0.0601. The maximum absolute atomic E-state index is 11.6. The summed E-state index contributed by atoms with van der Waals surface area (Å²) >= 11 is 0. The number of nitrogens with zero attached hydrogens (tertiary/aromatic N) is 1. The van der Waals surface area contributed by atoms with Crippen LogP contribution in [-0.2, 0) is 4.74 Å². The molecule has 98 valence electrons. The van der Waals surface area contributed by atoms with E-state index in [-0.39, 0.29) is 5.97 Å². The zero-order chi connectivity index (χ0) is 13.0. The van der Waals surface area contributed by atoms with E-state index < -0.39 is 0 Å². The monoisotopic (exact) mass is 248 g/mol. The number of carbonyl (C=O) groups excluding carboxylic acids is 1. The third kappa shape index (κ3) is 3.00. The van der Waals surface area contributed by atoms with Gasteiger partial charge in [0.25, 0.3) is 0 Å². The number of aromatic nitrogens is 1. The van der Waals surface area contributed by atoms with Gasteiger partial charge in [-0.2, -0.15) is 0 Å². The van der Waals surface area contributed by atoms with Crippen molar-refractivity contribution in [3.8, 4) is 0 Å². The summed E-state index contributed by atoms with van der Waals surface area (Å²) < 4.78 is 4.77. The van der Waals surface area contributed by atoms with Crippen LogP contribution in [0.2, 0.25) is 0 Å². The maximum atomic E-state index is 11.6. The molecule has 4 nitrogen and oxygen atoms in total. The molecule has 2 unspecified atom stereocenters. The van der Waals surface area contributed by atoms with Crippen molar-refractivity contribution in [2.75, 3.05) is 12.4 Å². The molecule has 1 saturated carbocycles. The van der Waals surface area contributed by atoms with Crippen molar-refractivity contribution in [2.45, 2.75) is 38.6 Å². The van der Waals surface area contributed by atoms with Crippen molar-refractivity contribution >= 4 is 11.8 Å². The first-order chi connectivity index (χ1) is 8.70. The topological polar surface area (TPSA) is 51.2 Å². The number of ether oxygens (including phenoxy) is 1. The molecule has 1 aliphatic rings. The Hall–Kier alpha value is -1.58. The van der Waals surface area contributed by atoms with E-state index in [1.54, 1.807) is 18.3 Å². The molecule has 0 radical (unpaired) electrons. The lowest BCUT2D eigenvalue weighted by Gasteiger charge is -2.28. The molecule has 0 amide bonds. The number of pyridine rings is 1. The summed E-state index contributed by atoms with van der Waals surface area (Å²) in [6, 6.07) is 3.90. The number of anilines is 1. The molecule has 0 aromatic carbocycles. The fraction of sp³-hybridized carbons (Fsp3) is 0.571. The summed E-state index contributed by atoms with van der Waals surface area (Å²) in [6.07, 6.45) is 6.50. The first-order valence-electron chi connectivity index (χ1n) is 6.50. The largest absolute Gasteiger partial charge is 0.465 e. The van der Waals surface area contributed by atoms with E-state index in [0.717, 1.165) is 18.8 Å². The Morgan fingerprint density at radius 3 is 3.06 bits per heavy atom. The van der Waals surface area contributed by atoms with Gasteiger partial charge in [-0.15, -0.1) is 0 Å². The zero-order valence-electron chi connectivity index (χ0n) is 11.0. The third-order valence-corrected chi connectivity index (χ3v) is 3.49. The number of nitrogens with one attached hydrogen (secondary N) is 1. The molecule has 1 heterocycles. The molecule has 0 spiro atoms. The molecule has 4 heteroatoms. The number of hydrogen-bond donors (Lipinski definition) is 1. The number of carbonyl (C=O) groups is 1. The highest BCUT2D eigenvalue weighted by Gasteiger charge is 2.21. The standard InChI is InChI=1S/C14H20N2O2/c1-10-5-3-6-11(9-10)16-13-12(14(17)18-2)7-4-8-15-13/h4,7-8,10-11H,3,5-6,9H2,1-2H3,(H,15,16). The number of rotatable bonds is 3. The van der Waals surface area contributed by atoms with E-state index in [4.69, 9.17) is 4.74 Å². The van der Waals surface area contributed by atoms with Gasteiger partial charge in [-0.3, -0.25) is 0 Å². The van der Waals surface area contributed by atoms with Gasteiger partial charge in [0, 0.05) is 12.2 Å². The molecule has 1 N–H and O–H groups in total. The van der Waals surface area contributed by atoms with Crippen LogP contribution < -0.4 is 5.32 Å². The van der Waals surface area contributed by atoms with Gasteiger partial charge in [0.15, 0.2) is 0 Å². The highest BCUT2D eigenvalue weighted by molar-refractivity contribution is 5.94. The molecule has 1 fully saturated rings. The molecule has 0 aliphatic heterocycles. The minimum Gasteiger partial charge on any atom is -0.465 e. The number of hydrogen-bond acceptors (Lipinski definition) is 4. The maximum Gasteiger partial charge on any atom is 0.341 e. The summed E-state index contributed by atoms with van der Waals surface area (Å²) in [6.45, 7) is 2.27. The van der Waals surface area contributed by atoms with E-state index in [9.17, 15) is 4.79 Å². The van der Waals surface area contributed by atoms with Crippen LogP contribution in [0, 0.1) is 5.92 Å². The van der Waals surface area contributed by atoms with E-state index in [1.165, 1.54) is 20.0 Å². The Morgan fingerprint density at radius 1 is 1.50 bits per heavy atom. The molecular formula is C14H20N2O2. The molecule has 2 rings (SSSR count). The first-order valence-corrected chi connectivity index (χ1v) is 6.50. The quantitative estimate of drug-likeness (QED) is 0.836. The Bertz CT molecular complexity index is 420. The summed E-state index contributed by atoms with van der Waals surface area (Å²) in [4.78, 5) is 15.9. The SMILES string of the molecule is COC(=O)c1cccnc1NC1CCCC(C)C1. The fourth-order valence-corrected chi connectivity index (χ4v) is 2.55. The molecule has 1 aliphatic carbocycles. The van der Waals surface area contributed by atoms with Gasteiger partial charge in [-0.25, -0.2) is 9.78 Å². The van der Waals surface area contributed by atoms with Crippen molar-refractivity contribution in [2.24, 2.45) is 5.92 Å². The molecule has 0 saturated heterocycles. The van der Waals surface area contributed by atoms with Gasteiger partial charge in [0.2, 0.25) is 0 Å². The minimum atomic E-state index is -0.338. The Balaban J connectivity index is 2.10. The normalized spacial score (nSPS) is 23.4. The average Bonchev–Trinajstić information content (AvgIpc) is 2.38. The number of esters is 1. The van der Waals surface area contributed by atoms with E-state index in [0.29, 0.717) is 17.4 Å². The number of methoxy groups -OCH3 is 1. The fourth-order valence-electron chi connectivity index (χ4n) is 2.55. The van der Waals surface area contributed by atoms with E-state index in [2.05, 4.69) is 17.2 Å². The van der Waals surface area contributed by atoms with Crippen molar-refractivity contribution in [3.05, 3.63) is 23.9 Å². The van der Waals surface area contributed by atoms with Gasteiger partial charge < -0.3 is 10.1 Å². The van der Waals surface area contributed by atoms with Crippen LogP contribution in [0.5, 0.6) is 0 Å². The van der Waals surface area contributed by atoms with E-state index in [1.807, 2.05) is 0 Å². The lowest BCUT2D eigenvalue weighted by Crippen LogP contribution is -2.27. The second-order valence-corrected chi connectivity index (χ2v) is 5.00. The molecule has 18 heavy (non-hydrogen) atoms. The van der Waals surface area contributed by atoms with Crippen LogP contribution in [-0.4, -0.2) is 24.1 Å². The minimum absolute atomic E-state index is 0.338. The predicted molar refractivity (Wildman–Crippen MR) is 70.6 cm³/mol. The summed E-state index contributed by atoms with van der Waals surface area (Å²) in [5.41, 5.74) is 0.512. The molecule has 1 aromatic heterocycles. The smallest absolute Gasteiger partial charge is 0.341 e. The third-order valence-electron chi connectivity index (χ3n) is 3.49. The highest BCUT2D eigenvalue weighted by Crippen LogP contribution is 2.26. The summed E-state index contributed by atoms with van der Waals surface area (Å²) in [5, 5.41) is 3.38. The summed E-state index contributed by atoms with van der Waals surface area (Å²) in [7, 11) is 1.39. The molecular weight excluding hydrogens is 228 g/mol. The lowest BCUT2D eigenvalue weighted by atomic mass is 9.87. The van der Waals surface area contributed by atoms with Crippen molar-refractivity contribution in [1.82, 2.24) is 4.98 Å². The predicted octanol–water partition coefficient (Wildman–Crippen LogP) is 2.86. The van der Waals surface area contributed by atoms with Gasteiger partial charge in [-0.1, -0.05) is 19.8 Å².